The van der Waals surface area contributed by atoms with Crippen molar-refractivity contribution in [1.82, 2.24) is 19.5 Å². The first-order valence-corrected chi connectivity index (χ1v) is 8.01. The molecule has 4 heterocycles. The predicted octanol–water partition coefficient (Wildman–Crippen LogP) is -5.15. The summed E-state index contributed by atoms with van der Waals surface area (Å²) < 4.78 is 27.5. The molecule has 5 atom stereocenters. The van der Waals surface area contributed by atoms with Gasteiger partial charge >= 0.3 is 51.4 Å². The molecule has 2 aliphatic heterocycles. The Morgan fingerprint density at radius 1 is 1.54 bits per heavy atom. The predicted molar refractivity (Wildman–Crippen MR) is 70.9 cm³/mol. The fourth-order valence-corrected chi connectivity index (χ4v) is 3.64. The Balaban J connectivity index is 0.00000169. The average molecular weight is 383 g/mol. The quantitative estimate of drug-likeness (QED) is 0.318. The SMILES string of the molecule is Nc1nc2c(ncn2[C@@H]2O[C@@H]3COP(=O)([O-])O[C@H]3[C@H]2O)c(=O)[nH]1.[K+]. The van der Waals surface area contributed by atoms with Gasteiger partial charge in [-0.2, -0.15) is 4.98 Å². The van der Waals surface area contributed by atoms with Crippen LogP contribution in [0.1, 0.15) is 6.23 Å². The molecule has 0 aromatic carbocycles. The van der Waals surface area contributed by atoms with Crippen LogP contribution in [0.5, 0.6) is 0 Å². The second-order valence-electron chi connectivity index (χ2n) is 5.14. The summed E-state index contributed by atoms with van der Waals surface area (Å²) in [6, 6.07) is 0. The minimum absolute atomic E-state index is 0. The van der Waals surface area contributed by atoms with E-state index in [0.717, 1.165) is 0 Å². The largest absolute Gasteiger partial charge is 1.00 e. The van der Waals surface area contributed by atoms with Crippen LogP contribution >= 0.6 is 7.82 Å². The molecule has 4 N–H and O–H groups in total. The number of ether oxygens (including phenoxy) is 1. The second kappa shape index (κ2) is 6.52. The normalized spacial score (nSPS) is 35.6. The summed E-state index contributed by atoms with van der Waals surface area (Å²) >= 11 is 0. The number of phosphoric acid groups is 1. The van der Waals surface area contributed by atoms with E-state index in [1.807, 2.05) is 0 Å². The molecule has 0 amide bonds. The number of aliphatic hydroxyl groups excluding tert-OH is 1. The van der Waals surface area contributed by atoms with E-state index in [1.165, 1.54) is 10.9 Å². The second-order valence-corrected chi connectivity index (χ2v) is 6.51. The van der Waals surface area contributed by atoms with Crippen LogP contribution in [0.25, 0.3) is 11.2 Å². The smallest absolute Gasteiger partial charge is 0.756 e. The number of hydrogen-bond donors (Lipinski definition) is 3. The van der Waals surface area contributed by atoms with E-state index in [-0.39, 0.29) is 75.1 Å². The number of phosphoric ester groups is 1. The molecule has 24 heavy (non-hydrogen) atoms. The number of nitrogens with zero attached hydrogens (tertiary/aromatic N) is 3. The molecule has 0 saturated carbocycles. The molecule has 1 unspecified atom stereocenters. The van der Waals surface area contributed by atoms with Crippen molar-refractivity contribution < 1.29 is 79.7 Å². The van der Waals surface area contributed by atoms with Gasteiger partial charge in [0.2, 0.25) is 5.95 Å². The van der Waals surface area contributed by atoms with E-state index in [1.54, 1.807) is 0 Å². The number of imidazole rings is 1. The van der Waals surface area contributed by atoms with Crippen LogP contribution in [0.4, 0.5) is 5.95 Å². The summed E-state index contributed by atoms with van der Waals surface area (Å²) in [6.45, 7) is -0.276. The van der Waals surface area contributed by atoms with Gasteiger partial charge in [0.1, 0.15) is 18.3 Å². The third kappa shape index (κ3) is 3.03. The number of nitrogens with one attached hydrogen (secondary N) is 1. The topological polar surface area (TPSA) is 178 Å². The minimum atomic E-state index is -4.47. The number of anilines is 1. The van der Waals surface area contributed by atoms with Crippen LogP contribution < -0.4 is 67.6 Å². The molecule has 124 valence electrons. The molecule has 2 aliphatic rings. The Morgan fingerprint density at radius 3 is 3.04 bits per heavy atom. The summed E-state index contributed by atoms with van der Waals surface area (Å²) in [4.78, 5) is 33.3. The van der Waals surface area contributed by atoms with Crippen molar-refractivity contribution in [2.45, 2.75) is 24.5 Å². The van der Waals surface area contributed by atoms with E-state index in [2.05, 4.69) is 19.5 Å². The molecule has 12 nitrogen and oxygen atoms in total. The van der Waals surface area contributed by atoms with E-state index >= 15 is 0 Å². The van der Waals surface area contributed by atoms with Crippen LogP contribution in [0.2, 0.25) is 0 Å². The van der Waals surface area contributed by atoms with E-state index in [0.29, 0.717) is 0 Å². The number of nitrogens with two attached hydrogens (primary N) is 1. The minimum Gasteiger partial charge on any atom is -0.756 e. The van der Waals surface area contributed by atoms with Gasteiger partial charge in [-0.1, -0.05) is 0 Å². The van der Waals surface area contributed by atoms with E-state index < -0.39 is 37.9 Å². The molecule has 4 rings (SSSR count). The van der Waals surface area contributed by atoms with Crippen molar-refractivity contribution in [3.8, 4) is 0 Å². The Morgan fingerprint density at radius 2 is 2.29 bits per heavy atom. The van der Waals surface area contributed by atoms with Gasteiger partial charge in [-0.15, -0.1) is 0 Å². The maximum Gasteiger partial charge on any atom is 1.00 e. The van der Waals surface area contributed by atoms with Crippen molar-refractivity contribution >= 4 is 24.9 Å². The first-order chi connectivity index (χ1) is 10.9. The number of aliphatic hydroxyl groups is 1. The molecule has 0 radical (unpaired) electrons. The standard InChI is InChI=1S/C10H12N5O7P.K/c11-10-13-7-4(8(17)14-10)12-2-15(7)9-5(16)6-3(21-9)1-20-23(18,19)22-6;/h2-3,5-6,9,16H,1H2,(H,18,19)(H3,11,13,14,17);/q;+1/p-1/t3-,5-,6-,9-;/m1./s1. The van der Waals surface area contributed by atoms with Crippen molar-refractivity contribution in [1.29, 1.82) is 0 Å². The zero-order valence-electron chi connectivity index (χ0n) is 12.4. The molecular formula is C10H11KN5O7P. The van der Waals surface area contributed by atoms with Crippen LogP contribution in [0, 0.1) is 0 Å². The third-order valence-corrected chi connectivity index (χ3v) is 4.65. The molecule has 0 spiro atoms. The van der Waals surface area contributed by atoms with Gasteiger partial charge in [-0.05, 0) is 0 Å². The fourth-order valence-electron chi connectivity index (χ4n) is 2.69. The molecule has 2 aromatic rings. The summed E-state index contributed by atoms with van der Waals surface area (Å²) in [7, 11) is -4.47. The molecule has 2 fully saturated rings. The van der Waals surface area contributed by atoms with Crippen molar-refractivity contribution in [2.24, 2.45) is 0 Å². The van der Waals surface area contributed by atoms with Gasteiger partial charge in [0.05, 0.1) is 12.9 Å². The van der Waals surface area contributed by atoms with Gasteiger partial charge in [0.15, 0.2) is 17.4 Å². The average Bonchev–Trinajstić information content (AvgIpc) is 3.00. The summed E-state index contributed by atoms with van der Waals surface area (Å²) in [5, 5.41) is 10.3. The van der Waals surface area contributed by atoms with Gasteiger partial charge in [-0.3, -0.25) is 18.9 Å². The fraction of sp³-hybridized carbons (Fsp3) is 0.500. The van der Waals surface area contributed by atoms with Gasteiger partial charge in [0.25, 0.3) is 13.4 Å². The van der Waals surface area contributed by atoms with Crippen LogP contribution in [0.3, 0.4) is 0 Å². The molecule has 14 heteroatoms. The monoisotopic (exact) mass is 383 g/mol. The van der Waals surface area contributed by atoms with Crippen LogP contribution in [0.15, 0.2) is 11.1 Å². The number of rotatable bonds is 1. The number of hydrogen-bond acceptors (Lipinski definition) is 10. The first kappa shape index (κ1) is 18.6. The first-order valence-electron chi connectivity index (χ1n) is 6.55. The number of aromatic amines is 1. The molecule has 0 aliphatic carbocycles. The Hall–Kier alpha value is -0.184. The summed E-state index contributed by atoms with van der Waals surface area (Å²) in [5.41, 5.74) is 5.07. The number of fused-ring (bicyclic) bond motifs is 2. The number of nitrogen functional groups attached to an aromatic ring is 1. The van der Waals surface area contributed by atoms with Crippen LogP contribution in [-0.2, 0) is 18.3 Å². The van der Waals surface area contributed by atoms with Crippen molar-refractivity contribution in [3.05, 3.63) is 16.7 Å². The zero-order chi connectivity index (χ0) is 16.4. The Bertz CT molecular complexity index is 886. The maximum absolute atomic E-state index is 11.8. The third-order valence-electron chi connectivity index (χ3n) is 3.68. The molecule has 0 bridgehead atoms. The van der Waals surface area contributed by atoms with Crippen molar-refractivity contribution in [2.75, 3.05) is 12.3 Å². The van der Waals surface area contributed by atoms with Gasteiger partial charge in [-0.25, -0.2) is 4.98 Å². The van der Waals surface area contributed by atoms with Gasteiger partial charge in [0, 0.05) is 0 Å². The Kier molecular flexibility index (Phi) is 5.05. The van der Waals surface area contributed by atoms with Gasteiger partial charge < -0.3 is 29.5 Å². The van der Waals surface area contributed by atoms with Crippen LogP contribution in [-0.4, -0.2) is 49.5 Å². The number of aromatic nitrogens is 4. The van der Waals surface area contributed by atoms with E-state index in [9.17, 15) is 19.4 Å². The Labute approximate surface area is 176 Å². The zero-order valence-corrected chi connectivity index (χ0v) is 16.4. The summed E-state index contributed by atoms with van der Waals surface area (Å²) in [6.07, 6.45) is -3.04. The molecular weight excluding hydrogens is 372 g/mol. The van der Waals surface area contributed by atoms with Crippen molar-refractivity contribution in [3.63, 3.8) is 0 Å². The molecule has 2 saturated heterocycles. The van der Waals surface area contributed by atoms with E-state index in [4.69, 9.17) is 15.0 Å². The number of H-pyrrole nitrogens is 1. The molecule has 2 aromatic heterocycles. The maximum atomic E-state index is 11.8. The summed E-state index contributed by atoms with van der Waals surface area (Å²) in [5.74, 6) is -0.127.